The molecule has 19 heavy (non-hydrogen) atoms. The zero-order chi connectivity index (χ0) is 15.0. The third kappa shape index (κ3) is 6.60. The summed E-state index contributed by atoms with van der Waals surface area (Å²) in [5.74, 6) is -4.82. The van der Waals surface area contributed by atoms with Gasteiger partial charge in [0.1, 0.15) is 12.1 Å². The second-order valence-corrected chi connectivity index (χ2v) is 3.64. The van der Waals surface area contributed by atoms with Gasteiger partial charge < -0.3 is 20.8 Å². The minimum absolute atomic E-state index is 0.176. The summed E-state index contributed by atoms with van der Waals surface area (Å²) in [7, 11) is 0. The van der Waals surface area contributed by atoms with Crippen molar-refractivity contribution in [2.45, 2.75) is 31.8 Å². The summed E-state index contributed by atoms with van der Waals surface area (Å²) in [5.41, 5.74) is 7.21. The molecule has 2 unspecified atom stereocenters. The normalized spacial score (nSPS) is 13.6. The van der Waals surface area contributed by atoms with Crippen LogP contribution in [-0.2, 0) is 24.0 Å². The molecule has 0 spiro atoms. The Labute approximate surface area is 108 Å². The van der Waals surface area contributed by atoms with Crippen molar-refractivity contribution in [2.24, 2.45) is 5.73 Å². The zero-order valence-corrected chi connectivity index (χ0v) is 10.3. The van der Waals surface area contributed by atoms with Gasteiger partial charge in [0.2, 0.25) is 11.6 Å². The van der Waals surface area contributed by atoms with Crippen molar-refractivity contribution < 1.29 is 34.2 Å². The van der Waals surface area contributed by atoms with Crippen LogP contribution >= 0.6 is 0 Å². The van der Waals surface area contributed by atoms with Crippen LogP contribution in [0.5, 0.6) is 0 Å². The van der Waals surface area contributed by atoms with Gasteiger partial charge in [-0.15, -0.1) is 0 Å². The van der Waals surface area contributed by atoms with Crippen molar-refractivity contribution >= 4 is 23.5 Å². The quantitative estimate of drug-likeness (QED) is 0.270. The molecule has 2 atom stereocenters. The Morgan fingerprint density at radius 3 is 2.05 bits per heavy atom. The Morgan fingerprint density at radius 2 is 1.63 bits per heavy atom. The first-order valence-corrected chi connectivity index (χ1v) is 5.44. The van der Waals surface area contributed by atoms with Crippen LogP contribution in [0.3, 0.4) is 0 Å². The number of hydroxylamine groups is 1. The van der Waals surface area contributed by atoms with Crippen LogP contribution in [0.15, 0.2) is 0 Å². The van der Waals surface area contributed by atoms with E-state index in [9.17, 15) is 19.2 Å². The first-order chi connectivity index (χ1) is 8.79. The van der Waals surface area contributed by atoms with Crippen molar-refractivity contribution in [3.63, 3.8) is 0 Å². The minimum Gasteiger partial charge on any atom is -0.480 e. The highest BCUT2D eigenvalue weighted by atomic mass is 16.6. The van der Waals surface area contributed by atoms with E-state index in [-0.39, 0.29) is 6.61 Å². The van der Waals surface area contributed by atoms with Gasteiger partial charge in [0.15, 0.2) is 0 Å². The minimum atomic E-state index is -1.49. The predicted octanol–water partition coefficient (Wildman–Crippen LogP) is -1.69. The summed E-state index contributed by atoms with van der Waals surface area (Å²) in [5, 5.41) is 17.3. The van der Waals surface area contributed by atoms with Gasteiger partial charge in [-0.1, -0.05) is 0 Å². The number of carbonyl (C=O) groups is 4. The van der Waals surface area contributed by atoms with E-state index in [2.05, 4.69) is 10.3 Å². The van der Waals surface area contributed by atoms with Gasteiger partial charge >= 0.3 is 11.9 Å². The number of rotatable bonds is 10. The second-order valence-electron chi connectivity index (χ2n) is 3.64. The fraction of sp³-hybridized carbons (Fsp3) is 0.600. The molecule has 0 amide bonds. The lowest BCUT2D eigenvalue weighted by molar-refractivity contribution is -0.148. The smallest absolute Gasteiger partial charge is 0.323 e. The molecule has 0 aromatic rings. The Bertz CT molecular complexity index is 369. The van der Waals surface area contributed by atoms with E-state index in [1.165, 1.54) is 0 Å². The largest absolute Gasteiger partial charge is 0.480 e. The first kappa shape index (κ1) is 17.2. The van der Waals surface area contributed by atoms with Crippen LogP contribution < -0.4 is 11.2 Å². The third-order valence-electron chi connectivity index (χ3n) is 2.09. The summed E-state index contributed by atoms with van der Waals surface area (Å²) in [6.45, 7) is 1.78. The molecule has 5 N–H and O–H groups in total. The van der Waals surface area contributed by atoms with Crippen molar-refractivity contribution in [1.29, 1.82) is 0 Å². The molecule has 0 aliphatic carbocycles. The van der Waals surface area contributed by atoms with Gasteiger partial charge in [0.25, 0.3) is 0 Å². The number of carboxylic acids is 2. The van der Waals surface area contributed by atoms with E-state index in [4.69, 9.17) is 15.9 Å². The highest BCUT2D eigenvalue weighted by Crippen LogP contribution is 2.00. The number of nitrogens with one attached hydrogen (secondary N) is 1. The number of aliphatic carboxylic acids is 2. The second kappa shape index (κ2) is 8.29. The lowest BCUT2D eigenvalue weighted by Gasteiger charge is -2.12. The SMILES string of the molecule is CCONC(CC(=O)C(=O)CC(N)C(=O)O)C(=O)O. The summed E-state index contributed by atoms with van der Waals surface area (Å²) in [6, 6.07) is -2.86. The number of nitrogens with two attached hydrogens (primary N) is 1. The molecule has 0 rings (SSSR count). The van der Waals surface area contributed by atoms with Gasteiger partial charge in [-0.2, -0.15) is 5.48 Å². The zero-order valence-electron chi connectivity index (χ0n) is 10.3. The number of carbonyl (C=O) groups excluding carboxylic acids is 2. The molecule has 0 radical (unpaired) electrons. The molecule has 0 heterocycles. The van der Waals surface area contributed by atoms with Crippen LogP contribution in [0.1, 0.15) is 19.8 Å². The Morgan fingerprint density at radius 1 is 1.11 bits per heavy atom. The summed E-state index contributed by atoms with van der Waals surface area (Å²) in [4.78, 5) is 48.6. The van der Waals surface area contributed by atoms with Crippen molar-refractivity contribution in [1.82, 2.24) is 5.48 Å². The van der Waals surface area contributed by atoms with Gasteiger partial charge in [-0.25, -0.2) is 0 Å². The number of hydrogen-bond acceptors (Lipinski definition) is 7. The Kier molecular flexibility index (Phi) is 7.49. The van der Waals surface area contributed by atoms with Crippen molar-refractivity contribution in [2.75, 3.05) is 6.61 Å². The molecular weight excluding hydrogens is 260 g/mol. The highest BCUT2D eigenvalue weighted by Gasteiger charge is 2.27. The van der Waals surface area contributed by atoms with E-state index in [0.29, 0.717) is 0 Å². The number of hydrogen-bond donors (Lipinski definition) is 4. The van der Waals surface area contributed by atoms with Gasteiger partial charge in [-0.05, 0) is 6.92 Å². The topological polar surface area (TPSA) is 156 Å². The molecule has 0 saturated carbocycles. The summed E-state index contributed by atoms with van der Waals surface area (Å²) >= 11 is 0. The van der Waals surface area contributed by atoms with E-state index < -0.39 is 48.4 Å². The monoisotopic (exact) mass is 276 g/mol. The number of ketones is 2. The first-order valence-electron chi connectivity index (χ1n) is 5.44. The lowest BCUT2D eigenvalue weighted by Crippen LogP contribution is -2.41. The van der Waals surface area contributed by atoms with E-state index >= 15 is 0 Å². The highest BCUT2D eigenvalue weighted by molar-refractivity contribution is 6.38. The standard InChI is InChI=1S/C10H16N2O7/c1-2-19-12-6(10(17)18)4-8(14)7(13)3-5(11)9(15)16/h5-6,12H,2-4,11H2,1H3,(H,15,16)(H,17,18). The molecule has 0 fully saturated rings. The maximum atomic E-state index is 11.4. The Balaban J connectivity index is 4.43. The maximum Gasteiger partial charge on any atom is 0.323 e. The third-order valence-corrected chi connectivity index (χ3v) is 2.09. The van der Waals surface area contributed by atoms with Crippen LogP contribution in [0.25, 0.3) is 0 Å². The van der Waals surface area contributed by atoms with E-state index in [1.54, 1.807) is 6.92 Å². The van der Waals surface area contributed by atoms with Gasteiger partial charge in [0.05, 0.1) is 6.61 Å². The van der Waals surface area contributed by atoms with Crippen LogP contribution in [0.2, 0.25) is 0 Å². The molecule has 0 aliphatic rings. The molecule has 9 nitrogen and oxygen atoms in total. The average Bonchev–Trinajstić information content (AvgIpc) is 2.33. The van der Waals surface area contributed by atoms with Crippen LogP contribution in [-0.4, -0.2) is 52.4 Å². The molecule has 0 saturated heterocycles. The van der Waals surface area contributed by atoms with Gasteiger partial charge in [0, 0.05) is 12.8 Å². The molecule has 0 aromatic heterocycles. The molecule has 0 bridgehead atoms. The van der Waals surface area contributed by atoms with Crippen molar-refractivity contribution in [3.05, 3.63) is 0 Å². The Hall–Kier alpha value is -1.84. The molecular formula is C10H16N2O7. The fourth-order valence-corrected chi connectivity index (χ4v) is 1.06. The molecule has 9 heteroatoms. The van der Waals surface area contributed by atoms with Gasteiger partial charge in [-0.3, -0.25) is 19.2 Å². The summed E-state index contributed by atoms with van der Waals surface area (Å²) in [6.07, 6.45) is -1.31. The fourth-order valence-electron chi connectivity index (χ4n) is 1.06. The number of carboxylic acid groups (broad SMARTS) is 2. The predicted molar refractivity (Wildman–Crippen MR) is 61.0 cm³/mol. The van der Waals surface area contributed by atoms with Crippen molar-refractivity contribution in [3.8, 4) is 0 Å². The summed E-state index contributed by atoms with van der Waals surface area (Å²) < 4.78 is 0. The number of Topliss-reactive ketones (excluding diaryl/α,β-unsaturated/α-hetero) is 2. The lowest BCUT2D eigenvalue weighted by atomic mass is 10.0. The maximum absolute atomic E-state index is 11.4. The van der Waals surface area contributed by atoms with Crippen LogP contribution in [0.4, 0.5) is 0 Å². The molecule has 108 valence electrons. The molecule has 0 aromatic carbocycles. The van der Waals surface area contributed by atoms with E-state index in [0.717, 1.165) is 0 Å². The average molecular weight is 276 g/mol. The van der Waals surface area contributed by atoms with E-state index in [1.807, 2.05) is 0 Å². The van der Waals surface area contributed by atoms with Crippen LogP contribution in [0, 0.1) is 0 Å². The molecule has 0 aliphatic heterocycles.